The summed E-state index contributed by atoms with van der Waals surface area (Å²) in [7, 11) is 2.17. The number of morpholine rings is 1. The Morgan fingerprint density at radius 2 is 1.79 bits per heavy atom. The molecule has 4 nitrogen and oxygen atoms in total. The minimum absolute atomic E-state index is 0.0984. The topological polar surface area (TPSA) is 30.9 Å². The van der Waals surface area contributed by atoms with Crippen LogP contribution in [0.15, 0.2) is 0 Å². The van der Waals surface area contributed by atoms with Crippen LogP contribution in [-0.2, 0) is 14.2 Å². The van der Waals surface area contributed by atoms with Crippen LogP contribution in [0.5, 0.6) is 0 Å². The Kier molecular flexibility index (Phi) is 4.26. The first-order valence-corrected chi connectivity index (χ1v) is 7.46. The van der Waals surface area contributed by atoms with Gasteiger partial charge in [-0.05, 0) is 48.6 Å². The lowest BCUT2D eigenvalue weighted by Gasteiger charge is -2.40. The normalized spacial score (nSPS) is 42.8. The van der Waals surface area contributed by atoms with Gasteiger partial charge in [0.1, 0.15) is 11.7 Å². The second-order valence-corrected chi connectivity index (χ2v) is 6.58. The Labute approximate surface area is 117 Å². The van der Waals surface area contributed by atoms with Crippen molar-refractivity contribution in [1.82, 2.24) is 4.90 Å². The number of hydrogen-bond acceptors (Lipinski definition) is 4. The van der Waals surface area contributed by atoms with E-state index in [1.54, 1.807) is 0 Å². The zero-order valence-corrected chi connectivity index (χ0v) is 13.3. The van der Waals surface area contributed by atoms with Gasteiger partial charge in [0.2, 0.25) is 0 Å². The highest BCUT2D eigenvalue weighted by Gasteiger charge is 2.66. The molecule has 0 aromatic heterocycles. The fourth-order valence-corrected chi connectivity index (χ4v) is 3.52. The zero-order valence-electron chi connectivity index (χ0n) is 13.3. The number of ether oxygens (including phenoxy) is 3. The van der Waals surface area contributed by atoms with Crippen LogP contribution >= 0.6 is 0 Å². The van der Waals surface area contributed by atoms with Crippen LogP contribution in [0.3, 0.4) is 0 Å². The molecule has 112 valence electrons. The summed E-state index contributed by atoms with van der Waals surface area (Å²) in [5.41, 5.74) is -0.326. The fourth-order valence-electron chi connectivity index (χ4n) is 3.52. The molecule has 0 aromatic rings. The van der Waals surface area contributed by atoms with Gasteiger partial charge in [-0.15, -0.1) is 0 Å². The number of rotatable bonds is 5. The molecule has 2 heterocycles. The molecular weight excluding hydrogens is 242 g/mol. The molecule has 2 aliphatic heterocycles. The van der Waals surface area contributed by atoms with E-state index < -0.39 is 0 Å². The summed E-state index contributed by atoms with van der Waals surface area (Å²) in [6.07, 6.45) is 0.714. The molecule has 2 fully saturated rings. The van der Waals surface area contributed by atoms with Crippen molar-refractivity contribution in [2.24, 2.45) is 0 Å². The van der Waals surface area contributed by atoms with Crippen molar-refractivity contribution in [3.63, 3.8) is 0 Å². The van der Waals surface area contributed by atoms with E-state index in [1.807, 2.05) is 0 Å². The van der Waals surface area contributed by atoms with Crippen LogP contribution in [-0.4, -0.2) is 60.7 Å². The fraction of sp³-hybridized carbons (Fsp3) is 1.00. The van der Waals surface area contributed by atoms with Crippen molar-refractivity contribution in [3.05, 3.63) is 0 Å². The lowest BCUT2D eigenvalue weighted by Crippen LogP contribution is -2.55. The van der Waals surface area contributed by atoms with Crippen molar-refractivity contribution < 1.29 is 14.2 Å². The van der Waals surface area contributed by atoms with Crippen LogP contribution in [0.2, 0.25) is 0 Å². The highest BCUT2D eigenvalue weighted by molar-refractivity contribution is 5.17. The molecule has 0 spiro atoms. The maximum atomic E-state index is 6.30. The maximum Gasteiger partial charge on any atom is 0.135 e. The van der Waals surface area contributed by atoms with Gasteiger partial charge in [-0.3, -0.25) is 4.90 Å². The van der Waals surface area contributed by atoms with Gasteiger partial charge in [0.15, 0.2) is 0 Å². The summed E-state index contributed by atoms with van der Waals surface area (Å²) in [6, 6.07) is 0.643. The van der Waals surface area contributed by atoms with E-state index in [0.717, 1.165) is 0 Å². The largest absolute Gasteiger partial charge is 0.376 e. The van der Waals surface area contributed by atoms with E-state index in [1.165, 1.54) is 0 Å². The number of nitrogens with zero attached hydrogens (tertiary/aromatic N) is 1. The predicted molar refractivity (Wildman–Crippen MR) is 75.4 cm³/mol. The highest BCUT2D eigenvalue weighted by Crippen LogP contribution is 2.47. The molecular formula is C15H29NO3. The van der Waals surface area contributed by atoms with Crippen LogP contribution in [0.25, 0.3) is 0 Å². The molecule has 2 aliphatic rings. The summed E-state index contributed by atoms with van der Waals surface area (Å²) in [4.78, 5) is 2.39. The molecule has 2 rings (SSSR count). The van der Waals surface area contributed by atoms with Crippen molar-refractivity contribution >= 4 is 0 Å². The Balaban J connectivity index is 2.24. The number of hydrogen-bond donors (Lipinski definition) is 0. The first-order valence-electron chi connectivity index (χ1n) is 7.46. The molecule has 0 unspecified atom stereocenters. The van der Waals surface area contributed by atoms with Crippen molar-refractivity contribution in [2.45, 2.75) is 83.6 Å². The molecule has 0 amide bonds. The van der Waals surface area contributed by atoms with Gasteiger partial charge >= 0.3 is 0 Å². The molecule has 2 saturated heterocycles. The molecule has 0 aromatic carbocycles. The lowest BCUT2D eigenvalue weighted by molar-refractivity contribution is -0.173. The lowest BCUT2D eigenvalue weighted by atomic mass is 9.93. The van der Waals surface area contributed by atoms with Crippen molar-refractivity contribution in [3.8, 4) is 0 Å². The first-order chi connectivity index (χ1) is 8.79. The standard InChI is InChI=1S/C15H29NO3/c1-9(2)17-8-15-12(6)16(7)13(11(5)19-15)14(15)18-10(3)4/h9-14H,8H2,1-7H3/t11-,12-,13-,14-,15-/m0/s1. The van der Waals surface area contributed by atoms with Gasteiger partial charge in [-0.1, -0.05) is 0 Å². The van der Waals surface area contributed by atoms with Gasteiger partial charge in [0.25, 0.3) is 0 Å². The Morgan fingerprint density at radius 1 is 1.16 bits per heavy atom. The summed E-state index contributed by atoms with van der Waals surface area (Å²) in [6.45, 7) is 13.3. The first kappa shape index (κ1) is 15.2. The maximum absolute atomic E-state index is 6.30. The summed E-state index contributed by atoms with van der Waals surface area (Å²) in [5.74, 6) is 0. The van der Waals surface area contributed by atoms with Crippen LogP contribution < -0.4 is 0 Å². The Morgan fingerprint density at radius 3 is 2.32 bits per heavy atom. The number of likely N-dealkylation sites (tertiary alicyclic amines) is 1. The quantitative estimate of drug-likeness (QED) is 0.766. The van der Waals surface area contributed by atoms with E-state index in [4.69, 9.17) is 14.2 Å². The van der Waals surface area contributed by atoms with Crippen LogP contribution in [0.4, 0.5) is 0 Å². The Hall–Kier alpha value is -0.160. The Bertz CT molecular complexity index is 321. The minimum atomic E-state index is -0.326. The van der Waals surface area contributed by atoms with E-state index >= 15 is 0 Å². The molecule has 4 heteroatoms. The SMILES string of the molecule is CC(C)OC[C@@]12O[C@@H](C)[C@@H]([C@@H]1OC(C)C)N(C)[C@H]2C. The van der Waals surface area contributed by atoms with E-state index in [9.17, 15) is 0 Å². The van der Waals surface area contributed by atoms with E-state index in [2.05, 4.69) is 53.5 Å². The second-order valence-electron chi connectivity index (χ2n) is 6.58. The third kappa shape index (κ3) is 2.44. The van der Waals surface area contributed by atoms with E-state index in [0.29, 0.717) is 18.7 Å². The molecule has 5 atom stereocenters. The zero-order chi connectivity index (χ0) is 14.4. The molecule has 0 aliphatic carbocycles. The third-order valence-electron chi connectivity index (χ3n) is 4.53. The molecule has 0 N–H and O–H groups in total. The second kappa shape index (κ2) is 5.32. The summed E-state index contributed by atoms with van der Waals surface area (Å²) >= 11 is 0. The van der Waals surface area contributed by atoms with Crippen LogP contribution in [0, 0.1) is 0 Å². The highest BCUT2D eigenvalue weighted by atomic mass is 16.6. The van der Waals surface area contributed by atoms with Gasteiger partial charge in [0.05, 0.1) is 31.0 Å². The summed E-state index contributed by atoms with van der Waals surface area (Å²) in [5, 5.41) is 0. The minimum Gasteiger partial charge on any atom is -0.376 e. The third-order valence-corrected chi connectivity index (χ3v) is 4.53. The van der Waals surface area contributed by atoms with Gasteiger partial charge in [0, 0.05) is 6.04 Å². The van der Waals surface area contributed by atoms with Gasteiger partial charge < -0.3 is 14.2 Å². The summed E-state index contributed by atoms with van der Waals surface area (Å²) < 4.78 is 18.4. The number of fused-ring (bicyclic) bond motifs is 2. The van der Waals surface area contributed by atoms with Crippen molar-refractivity contribution in [2.75, 3.05) is 13.7 Å². The van der Waals surface area contributed by atoms with Gasteiger partial charge in [-0.25, -0.2) is 0 Å². The molecule has 2 bridgehead atoms. The average molecular weight is 271 g/mol. The monoisotopic (exact) mass is 271 g/mol. The number of likely N-dealkylation sites (N-methyl/N-ethyl adjacent to an activating group) is 1. The smallest absolute Gasteiger partial charge is 0.135 e. The van der Waals surface area contributed by atoms with Crippen molar-refractivity contribution in [1.29, 1.82) is 0 Å². The van der Waals surface area contributed by atoms with Crippen LogP contribution in [0.1, 0.15) is 41.5 Å². The molecule has 0 saturated carbocycles. The average Bonchev–Trinajstić information content (AvgIpc) is 2.66. The predicted octanol–water partition coefficient (Wildman–Crippen LogP) is 2.07. The molecule has 19 heavy (non-hydrogen) atoms. The van der Waals surface area contributed by atoms with E-state index in [-0.39, 0.29) is 30.0 Å². The van der Waals surface area contributed by atoms with Gasteiger partial charge in [-0.2, -0.15) is 0 Å². The molecule has 0 radical (unpaired) electrons.